The quantitative estimate of drug-likeness (QED) is 0.570. The predicted octanol–water partition coefficient (Wildman–Crippen LogP) is 1.36. The average molecular weight is 251 g/mol. The van der Waals surface area contributed by atoms with Crippen molar-refractivity contribution in [1.29, 1.82) is 0 Å². The zero-order valence-corrected chi connectivity index (χ0v) is 11.2. The topological polar surface area (TPSA) is 69.6 Å². The fourth-order valence-electron chi connectivity index (χ4n) is 1.52. The van der Waals surface area contributed by atoms with Crippen LogP contribution in [0.3, 0.4) is 0 Å². The van der Waals surface area contributed by atoms with Crippen LogP contribution in [0.5, 0.6) is 0 Å². The number of aliphatic hydroxyl groups is 1. The molecule has 3 N–H and O–H groups in total. The highest BCUT2D eigenvalue weighted by molar-refractivity contribution is 6.75. The number of nitrogens with one attached hydrogen (secondary N) is 1. The summed E-state index contributed by atoms with van der Waals surface area (Å²) in [5.74, 6) is -1.19. The fourth-order valence-corrected chi connectivity index (χ4v) is 4.06. The first-order valence-corrected chi connectivity index (χ1v) is 8.79. The number of hydrogen-bond donors (Lipinski definition) is 3. The van der Waals surface area contributed by atoms with Crippen LogP contribution in [0.25, 0.3) is 0 Å². The molecular weight excluding hydrogens is 229 g/mol. The standard InChI is InChI=1S/C10H22FNO3Si/c1-4-5-6-16(2,3)12-9(10(14)15)8(13)7-11/h8-9,12-13H,4-7H2,1-3H3,(H,14,15)/t8-,9+/m1/s1. The highest BCUT2D eigenvalue weighted by Gasteiger charge is 2.32. The minimum atomic E-state index is -1.89. The largest absolute Gasteiger partial charge is 0.480 e. The lowest BCUT2D eigenvalue weighted by Crippen LogP contribution is -2.58. The first kappa shape index (κ1) is 15.5. The van der Waals surface area contributed by atoms with E-state index in [1.807, 2.05) is 13.1 Å². The second-order valence-corrected chi connectivity index (χ2v) is 9.23. The third kappa shape index (κ3) is 5.57. The van der Waals surface area contributed by atoms with Gasteiger partial charge in [0.2, 0.25) is 0 Å². The molecule has 0 fully saturated rings. The van der Waals surface area contributed by atoms with Crippen LogP contribution in [0.15, 0.2) is 0 Å². The zero-order chi connectivity index (χ0) is 12.8. The number of hydrogen-bond acceptors (Lipinski definition) is 3. The Morgan fingerprint density at radius 2 is 2.06 bits per heavy atom. The molecule has 0 radical (unpaired) electrons. The van der Waals surface area contributed by atoms with Gasteiger partial charge in [0.05, 0.1) is 0 Å². The molecule has 0 aromatic rings. The molecule has 96 valence electrons. The van der Waals surface area contributed by atoms with Gasteiger partial charge in [-0.1, -0.05) is 32.9 Å². The smallest absolute Gasteiger partial charge is 0.322 e. The molecule has 0 amide bonds. The Bertz CT molecular complexity index is 226. The first-order valence-electron chi connectivity index (χ1n) is 5.58. The summed E-state index contributed by atoms with van der Waals surface area (Å²) in [4.78, 5) is 13.8. The minimum absolute atomic E-state index is 0.923. The molecular formula is C10H22FNO3Si. The summed E-state index contributed by atoms with van der Waals surface area (Å²) in [5.41, 5.74) is 0. The Hall–Kier alpha value is -0.463. The Morgan fingerprint density at radius 1 is 1.50 bits per heavy atom. The molecule has 0 heterocycles. The molecule has 0 aromatic carbocycles. The van der Waals surface area contributed by atoms with Crippen LogP contribution in [0, 0.1) is 0 Å². The summed E-state index contributed by atoms with van der Waals surface area (Å²) >= 11 is 0. The average Bonchev–Trinajstić information content (AvgIpc) is 2.22. The van der Waals surface area contributed by atoms with Crippen LogP contribution in [-0.4, -0.2) is 43.2 Å². The maximum Gasteiger partial charge on any atom is 0.322 e. The third-order valence-electron chi connectivity index (χ3n) is 2.51. The van der Waals surface area contributed by atoms with Gasteiger partial charge < -0.3 is 15.2 Å². The lowest BCUT2D eigenvalue weighted by molar-refractivity contribution is -0.142. The van der Waals surface area contributed by atoms with Crippen molar-refractivity contribution in [3.05, 3.63) is 0 Å². The Morgan fingerprint density at radius 3 is 2.44 bits per heavy atom. The maximum atomic E-state index is 12.3. The van der Waals surface area contributed by atoms with Crippen molar-refractivity contribution in [3.63, 3.8) is 0 Å². The predicted molar refractivity (Wildman–Crippen MR) is 63.7 cm³/mol. The monoisotopic (exact) mass is 251 g/mol. The second-order valence-electron chi connectivity index (χ2n) is 4.67. The lowest BCUT2D eigenvalue weighted by atomic mass is 10.2. The van der Waals surface area contributed by atoms with Gasteiger partial charge in [-0.3, -0.25) is 4.79 Å². The number of rotatable bonds is 8. The highest BCUT2D eigenvalue weighted by Crippen LogP contribution is 2.12. The Labute approximate surface area is 97.0 Å². The SMILES string of the molecule is CCCC[Si](C)(C)N[C@H](C(=O)O)[C@H](O)CF. The van der Waals surface area contributed by atoms with Crippen molar-refractivity contribution in [3.8, 4) is 0 Å². The molecule has 4 nitrogen and oxygen atoms in total. The van der Waals surface area contributed by atoms with Gasteiger partial charge in [0, 0.05) is 0 Å². The van der Waals surface area contributed by atoms with E-state index in [0.717, 1.165) is 18.9 Å². The molecule has 0 unspecified atom stereocenters. The van der Waals surface area contributed by atoms with Gasteiger partial charge in [-0.05, 0) is 6.04 Å². The van der Waals surface area contributed by atoms with Crippen LogP contribution < -0.4 is 4.98 Å². The Balaban J connectivity index is 4.43. The lowest BCUT2D eigenvalue weighted by Gasteiger charge is -2.29. The van der Waals surface area contributed by atoms with Gasteiger partial charge in [0.15, 0.2) is 0 Å². The van der Waals surface area contributed by atoms with Crippen LogP contribution >= 0.6 is 0 Å². The van der Waals surface area contributed by atoms with Gasteiger partial charge in [-0.25, -0.2) is 4.39 Å². The van der Waals surface area contributed by atoms with Gasteiger partial charge in [-0.2, -0.15) is 0 Å². The summed E-state index contributed by atoms with van der Waals surface area (Å²) in [6, 6.07) is -0.268. The molecule has 0 spiro atoms. The van der Waals surface area contributed by atoms with E-state index in [9.17, 15) is 14.3 Å². The molecule has 0 aliphatic rings. The highest BCUT2D eigenvalue weighted by atomic mass is 28.3. The van der Waals surface area contributed by atoms with E-state index in [4.69, 9.17) is 5.11 Å². The molecule has 0 saturated heterocycles. The first-order chi connectivity index (χ1) is 7.34. The van der Waals surface area contributed by atoms with E-state index < -0.39 is 33.0 Å². The van der Waals surface area contributed by atoms with Crippen molar-refractivity contribution in [1.82, 2.24) is 4.98 Å². The number of aliphatic hydroxyl groups excluding tert-OH is 1. The number of alkyl halides is 1. The van der Waals surface area contributed by atoms with Crippen molar-refractivity contribution >= 4 is 14.2 Å². The molecule has 0 aromatic heterocycles. The van der Waals surface area contributed by atoms with Crippen LogP contribution in [0.1, 0.15) is 19.8 Å². The van der Waals surface area contributed by atoms with Gasteiger partial charge >= 0.3 is 5.97 Å². The van der Waals surface area contributed by atoms with Crippen LogP contribution in [-0.2, 0) is 4.79 Å². The second kappa shape index (κ2) is 6.98. The van der Waals surface area contributed by atoms with Gasteiger partial charge in [0.1, 0.15) is 27.1 Å². The van der Waals surface area contributed by atoms with Crippen LogP contribution in [0.4, 0.5) is 4.39 Å². The van der Waals surface area contributed by atoms with Gasteiger partial charge in [0.25, 0.3) is 0 Å². The maximum absolute atomic E-state index is 12.3. The Kier molecular flexibility index (Phi) is 6.78. The summed E-state index contributed by atoms with van der Waals surface area (Å²) in [5, 5.41) is 18.2. The number of halogens is 1. The summed E-state index contributed by atoms with van der Waals surface area (Å²) in [7, 11) is -1.89. The van der Waals surface area contributed by atoms with E-state index in [1.54, 1.807) is 0 Å². The zero-order valence-electron chi connectivity index (χ0n) is 10.2. The third-order valence-corrected chi connectivity index (χ3v) is 5.21. The van der Waals surface area contributed by atoms with E-state index in [0.29, 0.717) is 0 Å². The molecule has 0 aliphatic heterocycles. The molecule has 0 saturated carbocycles. The molecule has 0 bridgehead atoms. The molecule has 16 heavy (non-hydrogen) atoms. The summed E-state index contributed by atoms with van der Waals surface area (Å²) in [6.07, 6.45) is 0.595. The number of carboxylic acids is 1. The number of carbonyl (C=O) groups is 1. The van der Waals surface area contributed by atoms with E-state index >= 15 is 0 Å². The fraction of sp³-hybridized carbons (Fsp3) is 0.900. The molecule has 2 atom stereocenters. The number of unbranched alkanes of at least 4 members (excludes halogenated alkanes) is 1. The van der Waals surface area contributed by atoms with Gasteiger partial charge in [-0.15, -0.1) is 0 Å². The van der Waals surface area contributed by atoms with Crippen molar-refractivity contribution < 1.29 is 19.4 Å². The number of aliphatic carboxylic acids is 1. The van der Waals surface area contributed by atoms with E-state index in [2.05, 4.69) is 11.9 Å². The molecule has 0 rings (SSSR count). The van der Waals surface area contributed by atoms with Crippen molar-refractivity contribution in [2.24, 2.45) is 0 Å². The van der Waals surface area contributed by atoms with Crippen molar-refractivity contribution in [2.45, 2.75) is 51.0 Å². The minimum Gasteiger partial charge on any atom is -0.480 e. The van der Waals surface area contributed by atoms with Crippen LogP contribution in [0.2, 0.25) is 19.1 Å². The summed E-state index contributed by atoms with van der Waals surface area (Å²) in [6.45, 7) is 5.00. The molecule has 0 aliphatic carbocycles. The number of carboxylic acid groups (broad SMARTS) is 1. The molecule has 6 heteroatoms. The van der Waals surface area contributed by atoms with E-state index in [1.165, 1.54) is 0 Å². The van der Waals surface area contributed by atoms with Crippen molar-refractivity contribution in [2.75, 3.05) is 6.67 Å². The van der Waals surface area contributed by atoms with E-state index in [-0.39, 0.29) is 0 Å². The summed E-state index contributed by atoms with van der Waals surface area (Å²) < 4.78 is 12.3. The normalized spacial score (nSPS) is 15.8.